The van der Waals surface area contributed by atoms with Crippen molar-refractivity contribution in [1.29, 1.82) is 0 Å². The lowest BCUT2D eigenvalue weighted by Gasteiger charge is -2.23. The number of rotatable bonds is 1. The minimum atomic E-state index is 0.602. The zero-order valence-corrected chi connectivity index (χ0v) is 10.2. The highest BCUT2D eigenvalue weighted by Crippen LogP contribution is 2.36. The Bertz CT molecular complexity index is 498. The molecule has 1 fully saturated rings. The van der Waals surface area contributed by atoms with E-state index in [1.54, 1.807) is 0 Å². The molecule has 0 saturated carbocycles. The lowest BCUT2D eigenvalue weighted by molar-refractivity contribution is 0.689. The Balaban J connectivity index is 2.10. The van der Waals surface area contributed by atoms with Crippen molar-refractivity contribution >= 4 is 22.7 Å². The first-order valence-electron chi connectivity index (χ1n) is 5.76. The van der Waals surface area contributed by atoms with Gasteiger partial charge in [-0.3, -0.25) is 0 Å². The molecule has 3 rings (SSSR count). The highest BCUT2D eigenvalue weighted by Gasteiger charge is 2.21. The number of aromatic nitrogens is 1. The maximum atomic E-state index is 3.48. The van der Waals surface area contributed by atoms with Crippen LogP contribution in [-0.2, 0) is 0 Å². The standard InChI is InChI=1S/C13H16N2S/c1-9-13(12-8-14-6-7-16-12)10-4-2-3-5-11(10)15-9/h2-5,12,14-15H,6-8H2,1H3. The van der Waals surface area contributed by atoms with E-state index in [1.165, 1.54) is 27.9 Å². The minimum absolute atomic E-state index is 0.602. The normalized spacial score (nSPS) is 21.4. The van der Waals surface area contributed by atoms with E-state index in [0.29, 0.717) is 5.25 Å². The second-order valence-electron chi connectivity index (χ2n) is 4.27. The van der Waals surface area contributed by atoms with E-state index in [4.69, 9.17) is 0 Å². The highest BCUT2D eigenvalue weighted by molar-refractivity contribution is 7.99. The quantitative estimate of drug-likeness (QED) is 0.791. The highest BCUT2D eigenvalue weighted by atomic mass is 32.2. The zero-order chi connectivity index (χ0) is 11.0. The molecule has 1 aliphatic rings. The number of fused-ring (bicyclic) bond motifs is 1. The lowest BCUT2D eigenvalue weighted by Crippen LogP contribution is -2.28. The van der Waals surface area contributed by atoms with Gasteiger partial charge in [0.25, 0.3) is 0 Å². The van der Waals surface area contributed by atoms with Crippen molar-refractivity contribution < 1.29 is 0 Å². The molecule has 1 aliphatic heterocycles. The Morgan fingerprint density at radius 3 is 3.00 bits per heavy atom. The molecular formula is C13H16N2S. The van der Waals surface area contributed by atoms with Crippen LogP contribution in [0.5, 0.6) is 0 Å². The van der Waals surface area contributed by atoms with Gasteiger partial charge in [-0.1, -0.05) is 18.2 Å². The number of hydrogen-bond acceptors (Lipinski definition) is 2. The fourth-order valence-corrected chi connectivity index (χ4v) is 3.72. The van der Waals surface area contributed by atoms with Crippen LogP contribution in [0.25, 0.3) is 10.9 Å². The van der Waals surface area contributed by atoms with Gasteiger partial charge in [0.15, 0.2) is 0 Å². The molecule has 2 nitrogen and oxygen atoms in total. The van der Waals surface area contributed by atoms with E-state index in [9.17, 15) is 0 Å². The molecule has 2 heterocycles. The SMILES string of the molecule is Cc1[nH]c2ccccc2c1C1CNCCS1. The van der Waals surface area contributed by atoms with Crippen LogP contribution >= 0.6 is 11.8 Å². The molecule has 1 atom stereocenters. The van der Waals surface area contributed by atoms with Crippen LogP contribution < -0.4 is 5.32 Å². The monoisotopic (exact) mass is 232 g/mol. The van der Waals surface area contributed by atoms with Crippen molar-refractivity contribution in [3.05, 3.63) is 35.5 Å². The molecule has 1 saturated heterocycles. The maximum absolute atomic E-state index is 3.48. The fourth-order valence-electron chi connectivity index (χ4n) is 2.46. The number of nitrogens with one attached hydrogen (secondary N) is 2. The molecule has 0 radical (unpaired) electrons. The molecule has 3 heteroatoms. The third-order valence-corrected chi connectivity index (χ3v) is 4.44. The third-order valence-electron chi connectivity index (χ3n) is 3.19. The summed E-state index contributed by atoms with van der Waals surface area (Å²) in [7, 11) is 0. The molecule has 84 valence electrons. The van der Waals surface area contributed by atoms with Gasteiger partial charge in [-0.05, 0) is 18.6 Å². The number of aromatic amines is 1. The first-order chi connectivity index (χ1) is 7.86. The summed E-state index contributed by atoms with van der Waals surface area (Å²) < 4.78 is 0. The summed E-state index contributed by atoms with van der Waals surface area (Å²) in [5.74, 6) is 1.21. The van der Waals surface area contributed by atoms with Crippen LogP contribution in [0.2, 0.25) is 0 Å². The molecule has 1 aromatic heterocycles. The number of hydrogen-bond donors (Lipinski definition) is 2. The molecule has 0 amide bonds. The van der Waals surface area contributed by atoms with Crippen molar-refractivity contribution in [2.45, 2.75) is 12.2 Å². The van der Waals surface area contributed by atoms with Gasteiger partial charge in [-0.25, -0.2) is 0 Å². The Labute approximate surface area is 99.8 Å². The van der Waals surface area contributed by atoms with Crippen LogP contribution in [0.3, 0.4) is 0 Å². The van der Waals surface area contributed by atoms with Gasteiger partial charge in [0.1, 0.15) is 0 Å². The lowest BCUT2D eigenvalue weighted by atomic mass is 10.1. The van der Waals surface area contributed by atoms with E-state index in [-0.39, 0.29) is 0 Å². The Morgan fingerprint density at radius 1 is 1.31 bits per heavy atom. The molecule has 1 unspecified atom stereocenters. The zero-order valence-electron chi connectivity index (χ0n) is 9.42. The summed E-state index contributed by atoms with van der Waals surface area (Å²) in [6.07, 6.45) is 0. The smallest absolute Gasteiger partial charge is 0.0459 e. The van der Waals surface area contributed by atoms with Gasteiger partial charge in [-0.2, -0.15) is 11.8 Å². The van der Waals surface area contributed by atoms with Crippen molar-refractivity contribution in [3.63, 3.8) is 0 Å². The topological polar surface area (TPSA) is 27.8 Å². The number of para-hydroxylation sites is 1. The second kappa shape index (κ2) is 4.15. The molecular weight excluding hydrogens is 216 g/mol. The van der Waals surface area contributed by atoms with Gasteiger partial charge in [-0.15, -0.1) is 0 Å². The summed E-state index contributed by atoms with van der Waals surface area (Å²) in [4.78, 5) is 3.48. The molecule has 2 N–H and O–H groups in total. The predicted molar refractivity (Wildman–Crippen MR) is 71.1 cm³/mol. The summed E-state index contributed by atoms with van der Waals surface area (Å²) in [5.41, 5.74) is 4.08. The van der Waals surface area contributed by atoms with Crippen LogP contribution in [0, 0.1) is 6.92 Å². The molecule has 0 bridgehead atoms. The van der Waals surface area contributed by atoms with Crippen LogP contribution in [0.4, 0.5) is 0 Å². The molecule has 0 spiro atoms. The van der Waals surface area contributed by atoms with Crippen LogP contribution in [0.1, 0.15) is 16.5 Å². The summed E-state index contributed by atoms with van der Waals surface area (Å²) in [6.45, 7) is 4.42. The molecule has 16 heavy (non-hydrogen) atoms. The van der Waals surface area contributed by atoms with Gasteiger partial charge in [0.05, 0.1) is 0 Å². The van der Waals surface area contributed by atoms with Crippen LogP contribution in [-0.4, -0.2) is 23.8 Å². The third kappa shape index (κ3) is 1.64. The predicted octanol–water partition coefficient (Wildman–Crippen LogP) is 2.85. The second-order valence-corrected chi connectivity index (χ2v) is 5.58. The number of H-pyrrole nitrogens is 1. The van der Waals surface area contributed by atoms with Crippen LogP contribution in [0.15, 0.2) is 24.3 Å². The first kappa shape index (κ1) is 10.2. The van der Waals surface area contributed by atoms with Crippen molar-refractivity contribution in [1.82, 2.24) is 10.3 Å². The first-order valence-corrected chi connectivity index (χ1v) is 6.80. The largest absolute Gasteiger partial charge is 0.358 e. The number of thioether (sulfide) groups is 1. The Hall–Kier alpha value is -0.930. The van der Waals surface area contributed by atoms with E-state index >= 15 is 0 Å². The Kier molecular flexibility index (Phi) is 2.65. The number of aryl methyl sites for hydroxylation is 1. The van der Waals surface area contributed by atoms with Crippen molar-refractivity contribution in [2.24, 2.45) is 0 Å². The number of benzene rings is 1. The van der Waals surface area contributed by atoms with Gasteiger partial charge >= 0.3 is 0 Å². The molecule has 1 aromatic carbocycles. The maximum Gasteiger partial charge on any atom is 0.0459 e. The molecule has 2 aromatic rings. The van der Waals surface area contributed by atoms with Crippen molar-refractivity contribution in [3.8, 4) is 0 Å². The minimum Gasteiger partial charge on any atom is -0.358 e. The van der Waals surface area contributed by atoms with E-state index in [0.717, 1.165) is 13.1 Å². The van der Waals surface area contributed by atoms with Gasteiger partial charge in [0.2, 0.25) is 0 Å². The summed E-state index contributed by atoms with van der Waals surface area (Å²) in [5, 5.41) is 5.47. The van der Waals surface area contributed by atoms with E-state index in [1.807, 2.05) is 0 Å². The fraction of sp³-hybridized carbons (Fsp3) is 0.385. The van der Waals surface area contributed by atoms with Gasteiger partial charge in [0, 0.05) is 40.7 Å². The Morgan fingerprint density at radius 2 is 2.19 bits per heavy atom. The average Bonchev–Trinajstić information content (AvgIpc) is 2.66. The summed E-state index contributed by atoms with van der Waals surface area (Å²) in [6, 6.07) is 8.60. The van der Waals surface area contributed by atoms with E-state index in [2.05, 4.69) is 53.3 Å². The summed E-state index contributed by atoms with van der Waals surface area (Å²) >= 11 is 2.07. The molecule has 0 aliphatic carbocycles. The van der Waals surface area contributed by atoms with Crippen molar-refractivity contribution in [2.75, 3.05) is 18.8 Å². The van der Waals surface area contributed by atoms with E-state index < -0.39 is 0 Å². The van der Waals surface area contributed by atoms with Gasteiger partial charge < -0.3 is 10.3 Å². The average molecular weight is 232 g/mol.